The topological polar surface area (TPSA) is 63.6 Å². The first-order valence-electron chi connectivity index (χ1n) is 9.21. The van der Waals surface area contributed by atoms with Gasteiger partial charge in [-0.2, -0.15) is 0 Å². The lowest BCUT2D eigenvalue weighted by Crippen LogP contribution is -2.69. The Hall–Kier alpha value is -1.16. The van der Waals surface area contributed by atoms with Gasteiger partial charge in [0.2, 0.25) is 0 Å². The van der Waals surface area contributed by atoms with E-state index in [0.717, 1.165) is 19.3 Å². The second-order valence-electron chi connectivity index (χ2n) is 9.39. The molecule has 7 atom stereocenters. The van der Waals surface area contributed by atoms with Crippen LogP contribution in [0.1, 0.15) is 59.3 Å². The number of aliphatic hydroxyl groups excluding tert-OH is 1. The number of Topliss-reactive ketones (excluding diaryl/α,β-unsaturated/α-hetero) is 1. The molecule has 1 saturated heterocycles. The lowest BCUT2D eigenvalue weighted by Gasteiger charge is -2.63. The molecule has 24 heavy (non-hydrogen) atoms. The number of fused-ring (bicyclic) bond motifs is 1. The quantitative estimate of drug-likeness (QED) is 0.592. The van der Waals surface area contributed by atoms with Gasteiger partial charge in [0.15, 0.2) is 0 Å². The average Bonchev–Trinajstić information content (AvgIpc) is 2.64. The molecule has 2 bridgehead atoms. The average molecular weight is 332 g/mol. The summed E-state index contributed by atoms with van der Waals surface area (Å²) in [6.07, 6.45) is 5.33. The van der Waals surface area contributed by atoms with Crippen LogP contribution in [0.2, 0.25) is 0 Å². The summed E-state index contributed by atoms with van der Waals surface area (Å²) in [5, 5.41) is 11.2. The number of aliphatic hydroxyl groups is 1. The molecule has 4 fully saturated rings. The van der Waals surface area contributed by atoms with E-state index in [1.165, 1.54) is 0 Å². The van der Waals surface area contributed by atoms with Crippen LogP contribution in [-0.4, -0.2) is 28.6 Å². The first kappa shape index (κ1) is 16.3. The molecule has 4 rings (SSSR count). The van der Waals surface area contributed by atoms with E-state index >= 15 is 0 Å². The van der Waals surface area contributed by atoms with Crippen LogP contribution in [-0.2, 0) is 14.3 Å². The van der Waals surface area contributed by atoms with E-state index in [1.807, 2.05) is 19.9 Å². The molecule has 3 saturated carbocycles. The van der Waals surface area contributed by atoms with Gasteiger partial charge in [-0.3, -0.25) is 9.59 Å². The normalized spacial score (nSPS) is 56.2. The summed E-state index contributed by atoms with van der Waals surface area (Å²) in [6.45, 7) is 9.94. The van der Waals surface area contributed by atoms with Crippen LogP contribution in [0.15, 0.2) is 12.7 Å². The third kappa shape index (κ3) is 1.59. The number of ether oxygens (including phenoxy) is 1. The largest absolute Gasteiger partial charge is 0.458 e. The first-order chi connectivity index (χ1) is 11.1. The third-order valence-corrected chi connectivity index (χ3v) is 8.26. The molecule has 1 aliphatic heterocycles. The van der Waals surface area contributed by atoms with Crippen molar-refractivity contribution in [2.24, 2.45) is 28.1 Å². The van der Waals surface area contributed by atoms with Gasteiger partial charge in [0.25, 0.3) is 0 Å². The molecule has 0 radical (unpaired) electrons. The van der Waals surface area contributed by atoms with Crippen molar-refractivity contribution < 1.29 is 19.4 Å². The summed E-state index contributed by atoms with van der Waals surface area (Å²) in [4.78, 5) is 25.8. The Kier molecular flexibility index (Phi) is 3.07. The Balaban J connectivity index is 1.88. The van der Waals surface area contributed by atoms with E-state index in [4.69, 9.17) is 4.74 Å². The summed E-state index contributed by atoms with van der Waals surface area (Å²) < 4.78 is 6.10. The van der Waals surface area contributed by atoms with Gasteiger partial charge < -0.3 is 9.84 Å². The summed E-state index contributed by atoms with van der Waals surface area (Å²) >= 11 is 0. The van der Waals surface area contributed by atoms with Crippen LogP contribution >= 0.6 is 0 Å². The Morgan fingerprint density at radius 1 is 1.21 bits per heavy atom. The van der Waals surface area contributed by atoms with Crippen LogP contribution in [0, 0.1) is 28.1 Å². The van der Waals surface area contributed by atoms with Gasteiger partial charge in [-0.1, -0.05) is 19.9 Å². The molecular weight excluding hydrogens is 304 g/mol. The molecule has 4 heteroatoms. The zero-order valence-corrected chi connectivity index (χ0v) is 14.9. The van der Waals surface area contributed by atoms with Crippen molar-refractivity contribution in [2.75, 3.05) is 0 Å². The third-order valence-electron chi connectivity index (χ3n) is 8.26. The number of ketones is 1. The second kappa shape index (κ2) is 4.51. The van der Waals surface area contributed by atoms with E-state index in [1.54, 1.807) is 0 Å². The van der Waals surface area contributed by atoms with Crippen molar-refractivity contribution in [3.63, 3.8) is 0 Å². The van der Waals surface area contributed by atoms with E-state index in [2.05, 4.69) is 13.5 Å². The first-order valence-corrected chi connectivity index (χ1v) is 9.21. The van der Waals surface area contributed by atoms with Crippen molar-refractivity contribution in [1.82, 2.24) is 0 Å². The highest BCUT2D eigenvalue weighted by Gasteiger charge is 2.77. The van der Waals surface area contributed by atoms with Gasteiger partial charge >= 0.3 is 5.97 Å². The highest BCUT2D eigenvalue weighted by molar-refractivity contribution is 5.89. The van der Waals surface area contributed by atoms with Crippen LogP contribution in [0.5, 0.6) is 0 Å². The Bertz CT molecular complexity index is 642. The fourth-order valence-corrected chi connectivity index (χ4v) is 6.56. The Morgan fingerprint density at radius 2 is 1.92 bits per heavy atom. The Labute approximate surface area is 143 Å². The fourth-order valence-electron chi connectivity index (χ4n) is 6.56. The maximum absolute atomic E-state index is 13.1. The second-order valence-corrected chi connectivity index (χ2v) is 9.39. The zero-order valence-electron chi connectivity index (χ0n) is 14.9. The molecule has 4 nitrogen and oxygen atoms in total. The number of esters is 1. The molecule has 1 heterocycles. The van der Waals surface area contributed by atoms with Crippen LogP contribution < -0.4 is 0 Å². The molecule has 1 N–H and O–H groups in total. The van der Waals surface area contributed by atoms with Crippen LogP contribution in [0.4, 0.5) is 0 Å². The van der Waals surface area contributed by atoms with Gasteiger partial charge in [0.1, 0.15) is 11.4 Å². The summed E-state index contributed by atoms with van der Waals surface area (Å²) in [6, 6.07) is 0. The van der Waals surface area contributed by atoms with E-state index < -0.39 is 22.5 Å². The van der Waals surface area contributed by atoms with Crippen LogP contribution in [0.25, 0.3) is 0 Å². The van der Waals surface area contributed by atoms with Crippen LogP contribution in [0.3, 0.4) is 0 Å². The maximum Gasteiger partial charge on any atom is 0.312 e. The molecule has 4 aliphatic rings. The minimum atomic E-state index is -0.691. The summed E-state index contributed by atoms with van der Waals surface area (Å²) in [5.41, 5.74) is -2.19. The molecule has 0 aromatic carbocycles. The van der Waals surface area contributed by atoms with Crippen molar-refractivity contribution in [3.05, 3.63) is 12.7 Å². The highest BCUT2D eigenvalue weighted by Crippen LogP contribution is 2.70. The Morgan fingerprint density at radius 3 is 2.58 bits per heavy atom. The fraction of sp³-hybridized carbons (Fsp3) is 0.800. The maximum atomic E-state index is 13.1. The van der Waals surface area contributed by atoms with Gasteiger partial charge in [-0.25, -0.2) is 0 Å². The van der Waals surface area contributed by atoms with Gasteiger partial charge in [-0.15, -0.1) is 6.58 Å². The molecule has 0 spiro atoms. The predicted octanol–water partition coefficient (Wildman–Crippen LogP) is 3.03. The number of hydrogen-bond acceptors (Lipinski definition) is 4. The molecule has 132 valence electrons. The lowest BCUT2D eigenvalue weighted by atomic mass is 9.41. The summed E-state index contributed by atoms with van der Waals surface area (Å²) in [7, 11) is 0. The van der Waals surface area contributed by atoms with Gasteiger partial charge in [0, 0.05) is 23.7 Å². The van der Waals surface area contributed by atoms with E-state index in [9.17, 15) is 14.7 Å². The molecule has 3 aliphatic carbocycles. The van der Waals surface area contributed by atoms with E-state index in [0.29, 0.717) is 19.3 Å². The number of allylic oxidation sites excluding steroid dienone is 1. The molecule has 2 unspecified atom stereocenters. The molecule has 0 amide bonds. The van der Waals surface area contributed by atoms with Crippen molar-refractivity contribution in [1.29, 1.82) is 0 Å². The highest BCUT2D eigenvalue weighted by atomic mass is 16.6. The monoisotopic (exact) mass is 332 g/mol. The molecule has 0 aromatic rings. The number of carbonyl (C=O) groups is 2. The number of hydrogen-bond donors (Lipinski definition) is 1. The SMILES string of the molecule is C=C[C@@]1(C)CC2C(=O)CC3[C@]4(C)CCC[C@]3(OC4=O)[C@]2(C)[C@@H](O)C1. The van der Waals surface area contributed by atoms with Crippen molar-refractivity contribution >= 4 is 11.8 Å². The summed E-state index contributed by atoms with van der Waals surface area (Å²) in [5.74, 6) is -0.336. The van der Waals surface area contributed by atoms with Gasteiger partial charge in [0.05, 0.1) is 11.5 Å². The minimum absolute atomic E-state index is 0.0947. The van der Waals surface area contributed by atoms with Gasteiger partial charge in [-0.05, 0) is 44.4 Å². The zero-order chi connectivity index (χ0) is 17.5. The van der Waals surface area contributed by atoms with Crippen molar-refractivity contribution in [2.45, 2.75) is 71.0 Å². The number of rotatable bonds is 1. The van der Waals surface area contributed by atoms with Crippen molar-refractivity contribution in [3.8, 4) is 0 Å². The van der Waals surface area contributed by atoms with E-state index in [-0.39, 0.29) is 29.0 Å². The predicted molar refractivity (Wildman–Crippen MR) is 89.0 cm³/mol. The standard InChI is InChI=1S/C20H28O4/c1-5-17(2)10-12-13(21)9-14-18(3)7-6-8-20(14,24-16(18)23)19(12,4)15(22)11-17/h5,12,14-15,22H,1,6-11H2,2-4H3/t12?,14?,15-,17-,18-,19-,20+/m0/s1. The minimum Gasteiger partial charge on any atom is -0.458 e. The number of carbonyl (C=O) groups excluding carboxylic acids is 2. The lowest BCUT2D eigenvalue weighted by molar-refractivity contribution is -0.233. The smallest absolute Gasteiger partial charge is 0.312 e. The molecule has 0 aromatic heterocycles. The molecular formula is C20H28O4.